The number of aromatic amines is 1. The molecular formula is C28H33N7O. The highest BCUT2D eigenvalue weighted by molar-refractivity contribution is 5.89. The molecule has 1 saturated heterocycles. The van der Waals surface area contributed by atoms with Gasteiger partial charge in [-0.15, -0.1) is 0 Å². The lowest BCUT2D eigenvalue weighted by atomic mass is 10.2. The Kier molecular flexibility index (Phi) is 7.42. The number of hydrogen-bond acceptors (Lipinski definition) is 6. The molecule has 0 unspecified atom stereocenters. The van der Waals surface area contributed by atoms with E-state index in [2.05, 4.69) is 56.2 Å². The standard InChI is InChI=1S/C28H33N7O/c1-20(36)29-14-15-30-27-25-17-23(32-28(25)34-26(33-27)21-9-4-2-5-10-21)19-35-16-8-13-24(35)18-31-22-11-6-3-7-12-22/h2-7,9-12,17,24,31H,8,13-16,18-19H2,1H3,(H,29,36)(H2,30,32,33,34)/t24-/m0/s1. The Morgan fingerprint density at radius 2 is 1.81 bits per heavy atom. The van der Waals surface area contributed by atoms with Gasteiger partial charge in [-0.3, -0.25) is 9.69 Å². The second-order valence-corrected chi connectivity index (χ2v) is 9.24. The Hall–Kier alpha value is -3.91. The van der Waals surface area contributed by atoms with Crippen LogP contribution >= 0.6 is 0 Å². The van der Waals surface area contributed by atoms with Crippen LogP contribution in [0.4, 0.5) is 11.5 Å². The molecule has 0 saturated carbocycles. The molecule has 0 bridgehead atoms. The molecule has 186 valence electrons. The second kappa shape index (κ2) is 11.2. The summed E-state index contributed by atoms with van der Waals surface area (Å²) in [5, 5.41) is 10.8. The van der Waals surface area contributed by atoms with Crippen LogP contribution in [-0.2, 0) is 11.3 Å². The minimum Gasteiger partial charge on any atom is -0.383 e. The number of H-pyrrole nitrogens is 1. The fraction of sp³-hybridized carbons (Fsp3) is 0.321. The first kappa shape index (κ1) is 23.8. The molecule has 4 N–H and O–H groups in total. The molecule has 0 radical (unpaired) electrons. The molecule has 1 aliphatic heterocycles. The van der Waals surface area contributed by atoms with Crippen LogP contribution in [0.15, 0.2) is 66.7 Å². The Balaban J connectivity index is 1.35. The molecule has 2 aromatic heterocycles. The third-order valence-electron chi connectivity index (χ3n) is 6.55. The van der Waals surface area contributed by atoms with Crippen LogP contribution in [0.5, 0.6) is 0 Å². The summed E-state index contributed by atoms with van der Waals surface area (Å²) in [5.41, 5.74) is 4.07. The number of likely N-dealkylation sites (tertiary alicyclic amines) is 1. The van der Waals surface area contributed by atoms with Gasteiger partial charge in [-0.05, 0) is 37.6 Å². The number of carbonyl (C=O) groups is 1. The maximum Gasteiger partial charge on any atom is 0.216 e. The van der Waals surface area contributed by atoms with Gasteiger partial charge in [0.25, 0.3) is 0 Å². The molecule has 2 aromatic carbocycles. The minimum absolute atomic E-state index is 0.0412. The number of nitrogens with zero attached hydrogens (tertiary/aromatic N) is 3. The van der Waals surface area contributed by atoms with Gasteiger partial charge in [0.15, 0.2) is 5.82 Å². The average Bonchev–Trinajstić information content (AvgIpc) is 3.52. The van der Waals surface area contributed by atoms with E-state index in [0.29, 0.717) is 25.0 Å². The molecule has 0 aliphatic carbocycles. The SMILES string of the molecule is CC(=O)NCCNc1nc(-c2ccccc2)nc2[nH]c(CN3CCC[C@H]3CNc3ccccc3)cc12. The Morgan fingerprint density at radius 3 is 2.58 bits per heavy atom. The van der Waals surface area contributed by atoms with Gasteiger partial charge in [-0.2, -0.15) is 0 Å². The maximum absolute atomic E-state index is 11.2. The maximum atomic E-state index is 11.2. The van der Waals surface area contributed by atoms with Crippen molar-refractivity contribution in [3.05, 3.63) is 72.4 Å². The van der Waals surface area contributed by atoms with Crippen molar-refractivity contribution < 1.29 is 4.79 Å². The highest BCUT2D eigenvalue weighted by Crippen LogP contribution is 2.27. The predicted octanol–water partition coefficient (Wildman–Crippen LogP) is 4.25. The van der Waals surface area contributed by atoms with E-state index in [1.54, 1.807) is 0 Å². The highest BCUT2D eigenvalue weighted by atomic mass is 16.1. The summed E-state index contributed by atoms with van der Waals surface area (Å²) in [6.45, 7) is 5.49. The lowest BCUT2D eigenvalue weighted by Crippen LogP contribution is -2.34. The molecule has 4 aromatic rings. The van der Waals surface area contributed by atoms with Crippen molar-refractivity contribution in [2.75, 3.05) is 36.8 Å². The number of hydrogen-bond donors (Lipinski definition) is 4. The highest BCUT2D eigenvalue weighted by Gasteiger charge is 2.25. The molecule has 1 aliphatic rings. The van der Waals surface area contributed by atoms with Crippen molar-refractivity contribution in [1.29, 1.82) is 0 Å². The van der Waals surface area contributed by atoms with Crippen LogP contribution in [-0.4, -0.2) is 58.0 Å². The number of aromatic nitrogens is 3. The van der Waals surface area contributed by atoms with Crippen LogP contribution < -0.4 is 16.0 Å². The average molecular weight is 484 g/mol. The van der Waals surface area contributed by atoms with Gasteiger partial charge in [-0.25, -0.2) is 9.97 Å². The summed E-state index contributed by atoms with van der Waals surface area (Å²) < 4.78 is 0. The molecule has 3 heterocycles. The van der Waals surface area contributed by atoms with Crippen LogP contribution in [0.2, 0.25) is 0 Å². The fourth-order valence-corrected chi connectivity index (χ4v) is 4.76. The number of nitrogens with one attached hydrogen (secondary N) is 4. The smallest absolute Gasteiger partial charge is 0.216 e. The molecule has 8 nitrogen and oxygen atoms in total. The molecule has 36 heavy (non-hydrogen) atoms. The van der Waals surface area contributed by atoms with E-state index >= 15 is 0 Å². The zero-order valence-corrected chi connectivity index (χ0v) is 20.6. The quantitative estimate of drug-likeness (QED) is 0.252. The van der Waals surface area contributed by atoms with Crippen molar-refractivity contribution in [3.8, 4) is 11.4 Å². The van der Waals surface area contributed by atoms with Gasteiger partial charge >= 0.3 is 0 Å². The van der Waals surface area contributed by atoms with Gasteiger partial charge in [0.1, 0.15) is 11.5 Å². The molecule has 8 heteroatoms. The Labute approximate surface area is 211 Å². The number of amides is 1. The lowest BCUT2D eigenvalue weighted by Gasteiger charge is -2.24. The van der Waals surface area contributed by atoms with E-state index in [-0.39, 0.29) is 5.91 Å². The van der Waals surface area contributed by atoms with Crippen LogP contribution in [0.25, 0.3) is 22.4 Å². The summed E-state index contributed by atoms with van der Waals surface area (Å²) >= 11 is 0. The van der Waals surface area contributed by atoms with Gasteiger partial charge in [0, 0.05) is 56.1 Å². The summed E-state index contributed by atoms with van der Waals surface area (Å²) in [4.78, 5) is 27.0. The topological polar surface area (TPSA) is 98.0 Å². The Morgan fingerprint density at radius 1 is 1.03 bits per heavy atom. The van der Waals surface area contributed by atoms with Crippen LogP contribution in [0.1, 0.15) is 25.5 Å². The van der Waals surface area contributed by atoms with E-state index in [1.165, 1.54) is 19.8 Å². The fourth-order valence-electron chi connectivity index (χ4n) is 4.76. The summed E-state index contributed by atoms with van der Waals surface area (Å²) in [6, 6.07) is 23.0. The third-order valence-corrected chi connectivity index (χ3v) is 6.55. The first-order chi connectivity index (χ1) is 17.7. The molecule has 0 spiro atoms. The normalized spacial score (nSPS) is 15.8. The number of benzene rings is 2. The van der Waals surface area contributed by atoms with E-state index in [9.17, 15) is 4.79 Å². The number of carbonyl (C=O) groups excluding carboxylic acids is 1. The summed E-state index contributed by atoms with van der Waals surface area (Å²) in [6.07, 6.45) is 2.39. The van der Waals surface area contributed by atoms with E-state index < -0.39 is 0 Å². The van der Waals surface area contributed by atoms with Crippen LogP contribution in [0, 0.1) is 0 Å². The van der Waals surface area contributed by atoms with Crippen LogP contribution in [0.3, 0.4) is 0 Å². The van der Waals surface area contributed by atoms with Gasteiger partial charge in [0.2, 0.25) is 5.91 Å². The number of para-hydroxylation sites is 1. The van der Waals surface area contributed by atoms with Gasteiger partial charge < -0.3 is 20.9 Å². The zero-order valence-electron chi connectivity index (χ0n) is 20.6. The molecule has 1 fully saturated rings. The minimum atomic E-state index is -0.0412. The van der Waals surface area contributed by atoms with Crippen molar-refractivity contribution >= 4 is 28.4 Å². The molecular weight excluding hydrogens is 450 g/mol. The second-order valence-electron chi connectivity index (χ2n) is 9.24. The van der Waals surface area contributed by atoms with Gasteiger partial charge in [-0.1, -0.05) is 48.5 Å². The zero-order chi connectivity index (χ0) is 24.7. The Bertz CT molecular complexity index is 1290. The molecule has 5 rings (SSSR count). The first-order valence-corrected chi connectivity index (χ1v) is 12.6. The van der Waals surface area contributed by atoms with E-state index in [4.69, 9.17) is 9.97 Å². The van der Waals surface area contributed by atoms with E-state index in [1.807, 2.05) is 36.4 Å². The lowest BCUT2D eigenvalue weighted by molar-refractivity contribution is -0.118. The van der Waals surface area contributed by atoms with Crippen molar-refractivity contribution in [1.82, 2.24) is 25.2 Å². The van der Waals surface area contributed by atoms with Crippen molar-refractivity contribution in [3.63, 3.8) is 0 Å². The molecule has 1 amide bonds. The van der Waals surface area contributed by atoms with E-state index in [0.717, 1.165) is 53.4 Å². The van der Waals surface area contributed by atoms with Crippen molar-refractivity contribution in [2.24, 2.45) is 0 Å². The molecule has 1 atom stereocenters. The number of fused-ring (bicyclic) bond motifs is 1. The number of anilines is 2. The van der Waals surface area contributed by atoms with Gasteiger partial charge in [0.05, 0.1) is 5.39 Å². The summed E-state index contributed by atoms with van der Waals surface area (Å²) in [5.74, 6) is 1.40. The largest absolute Gasteiger partial charge is 0.383 e. The number of rotatable bonds is 10. The predicted molar refractivity (Wildman–Crippen MR) is 145 cm³/mol. The first-order valence-electron chi connectivity index (χ1n) is 12.6. The van der Waals surface area contributed by atoms with Crippen molar-refractivity contribution in [2.45, 2.75) is 32.4 Å². The summed E-state index contributed by atoms with van der Waals surface area (Å²) in [7, 11) is 0. The third kappa shape index (κ3) is 5.83. The monoisotopic (exact) mass is 483 g/mol.